The molecule has 1 amide bonds. The number of methoxy groups -OCH3 is 1. The van der Waals surface area contributed by atoms with Crippen molar-refractivity contribution in [3.05, 3.63) is 29.8 Å². The van der Waals surface area contributed by atoms with E-state index in [1.165, 1.54) is 18.1 Å². The summed E-state index contributed by atoms with van der Waals surface area (Å²) < 4.78 is 36.2. The minimum absolute atomic E-state index is 0.124. The molecule has 2 rings (SSSR count). The van der Waals surface area contributed by atoms with Gasteiger partial charge in [0.05, 0.1) is 29.2 Å². The molecule has 1 saturated heterocycles. The Morgan fingerprint density at radius 1 is 1.18 bits per heavy atom. The van der Waals surface area contributed by atoms with Crippen molar-refractivity contribution in [2.45, 2.75) is 62.8 Å². The van der Waals surface area contributed by atoms with Crippen molar-refractivity contribution in [3.63, 3.8) is 0 Å². The summed E-state index contributed by atoms with van der Waals surface area (Å²) in [4.78, 5) is 26.8. The van der Waals surface area contributed by atoms with Crippen molar-refractivity contribution in [2.75, 3.05) is 13.7 Å². The number of likely N-dealkylation sites (tertiary alicyclic amines) is 1. The molecule has 1 aliphatic rings. The summed E-state index contributed by atoms with van der Waals surface area (Å²) in [6, 6.07) is 5.74. The Morgan fingerprint density at radius 2 is 1.79 bits per heavy atom. The minimum atomic E-state index is -3.62. The maximum Gasteiger partial charge on any atom is 0.410 e. The monoisotopic (exact) mass is 411 g/mol. The number of hydrogen-bond acceptors (Lipinski definition) is 6. The number of carbonyl (C=O) groups is 2. The SMILES string of the molecule is COC(=O)[C@H]1CCN(C(=O)OC(C)(C)C)[C@H]1c1ccccc1S(=O)(=O)C(C)C. The Bertz CT molecular complexity index is 840. The summed E-state index contributed by atoms with van der Waals surface area (Å²) in [5, 5.41) is -0.637. The summed E-state index contributed by atoms with van der Waals surface area (Å²) in [7, 11) is -2.33. The van der Waals surface area contributed by atoms with Crippen molar-refractivity contribution in [1.29, 1.82) is 0 Å². The van der Waals surface area contributed by atoms with Gasteiger partial charge >= 0.3 is 12.1 Å². The van der Waals surface area contributed by atoms with E-state index >= 15 is 0 Å². The highest BCUT2D eigenvalue weighted by Crippen LogP contribution is 2.41. The molecule has 1 heterocycles. The van der Waals surface area contributed by atoms with E-state index in [4.69, 9.17) is 9.47 Å². The van der Waals surface area contributed by atoms with Crippen LogP contribution in [0, 0.1) is 5.92 Å². The number of sulfone groups is 1. The Kier molecular flexibility index (Phi) is 6.43. The third-order valence-corrected chi connectivity index (χ3v) is 6.92. The number of esters is 1. The third-order valence-electron chi connectivity index (χ3n) is 4.69. The predicted octanol–water partition coefficient (Wildman–Crippen LogP) is 3.34. The highest BCUT2D eigenvalue weighted by atomic mass is 32.2. The first-order valence-electron chi connectivity index (χ1n) is 9.30. The van der Waals surface area contributed by atoms with Crippen LogP contribution in [0.5, 0.6) is 0 Å². The zero-order chi connectivity index (χ0) is 21.3. The second kappa shape index (κ2) is 8.11. The normalized spacial score (nSPS) is 20.3. The zero-order valence-corrected chi connectivity index (χ0v) is 18.1. The molecular weight excluding hydrogens is 382 g/mol. The number of hydrogen-bond donors (Lipinski definition) is 0. The summed E-state index contributed by atoms with van der Waals surface area (Å²) in [5.41, 5.74) is -0.302. The molecule has 28 heavy (non-hydrogen) atoms. The van der Waals surface area contributed by atoms with Crippen LogP contribution in [0.1, 0.15) is 52.6 Å². The molecule has 156 valence electrons. The Hall–Kier alpha value is -2.09. The highest BCUT2D eigenvalue weighted by Gasteiger charge is 2.46. The molecule has 1 aromatic rings. The third kappa shape index (κ3) is 4.48. The van der Waals surface area contributed by atoms with E-state index in [1.54, 1.807) is 52.8 Å². The largest absolute Gasteiger partial charge is 0.469 e. The summed E-state index contributed by atoms with van der Waals surface area (Å²) in [6.45, 7) is 8.74. The van der Waals surface area contributed by atoms with Gasteiger partial charge in [-0.2, -0.15) is 0 Å². The predicted molar refractivity (Wildman–Crippen MR) is 105 cm³/mol. The van der Waals surface area contributed by atoms with Crippen molar-refractivity contribution >= 4 is 21.9 Å². The molecular formula is C20H29NO6S. The van der Waals surface area contributed by atoms with E-state index in [-0.39, 0.29) is 11.4 Å². The van der Waals surface area contributed by atoms with Gasteiger partial charge in [-0.3, -0.25) is 4.79 Å². The number of benzene rings is 1. The van der Waals surface area contributed by atoms with Gasteiger partial charge in [0.15, 0.2) is 9.84 Å². The summed E-state index contributed by atoms with van der Waals surface area (Å²) >= 11 is 0. The molecule has 1 fully saturated rings. The molecule has 7 nitrogen and oxygen atoms in total. The number of rotatable bonds is 4. The molecule has 1 aliphatic heterocycles. The smallest absolute Gasteiger partial charge is 0.410 e. The van der Waals surface area contributed by atoms with E-state index in [2.05, 4.69) is 0 Å². The average molecular weight is 412 g/mol. The molecule has 0 bridgehead atoms. The average Bonchev–Trinajstić information content (AvgIpc) is 3.04. The summed E-state index contributed by atoms with van der Waals surface area (Å²) in [5.74, 6) is -1.14. The van der Waals surface area contributed by atoms with Crippen LogP contribution < -0.4 is 0 Å². The lowest BCUT2D eigenvalue weighted by molar-refractivity contribution is -0.146. The van der Waals surface area contributed by atoms with Gasteiger partial charge in [0.25, 0.3) is 0 Å². The first-order valence-corrected chi connectivity index (χ1v) is 10.8. The number of carbonyl (C=O) groups excluding carboxylic acids is 2. The zero-order valence-electron chi connectivity index (χ0n) is 17.3. The van der Waals surface area contributed by atoms with Crippen molar-refractivity contribution < 1.29 is 27.5 Å². The molecule has 0 spiro atoms. The molecule has 0 aromatic heterocycles. The van der Waals surface area contributed by atoms with Crippen molar-refractivity contribution in [2.24, 2.45) is 5.92 Å². The Morgan fingerprint density at radius 3 is 2.32 bits per heavy atom. The molecule has 0 aliphatic carbocycles. The van der Waals surface area contributed by atoms with Gasteiger partial charge in [-0.1, -0.05) is 18.2 Å². The van der Waals surface area contributed by atoms with Gasteiger partial charge in [-0.05, 0) is 52.7 Å². The van der Waals surface area contributed by atoms with Gasteiger partial charge < -0.3 is 14.4 Å². The lowest BCUT2D eigenvalue weighted by Crippen LogP contribution is -2.38. The maximum absolute atomic E-state index is 12.9. The molecule has 0 unspecified atom stereocenters. The van der Waals surface area contributed by atoms with Crippen molar-refractivity contribution in [3.8, 4) is 0 Å². The Labute approximate surface area is 166 Å². The fourth-order valence-electron chi connectivity index (χ4n) is 3.34. The van der Waals surface area contributed by atoms with E-state index in [0.29, 0.717) is 12.0 Å². The quantitative estimate of drug-likeness (QED) is 0.706. The molecule has 2 atom stereocenters. The first kappa shape index (κ1) is 22.2. The minimum Gasteiger partial charge on any atom is -0.469 e. The molecule has 1 aromatic carbocycles. The molecule has 0 N–H and O–H groups in total. The van der Waals surface area contributed by atoms with Crippen LogP contribution in [0.2, 0.25) is 0 Å². The lowest BCUT2D eigenvalue weighted by Gasteiger charge is -2.31. The van der Waals surface area contributed by atoms with Gasteiger partial charge in [-0.25, -0.2) is 13.2 Å². The van der Waals surface area contributed by atoms with E-state index in [0.717, 1.165) is 0 Å². The molecule has 8 heteroatoms. The second-order valence-corrected chi connectivity index (χ2v) is 10.6. The van der Waals surface area contributed by atoms with Gasteiger partial charge in [0, 0.05) is 6.54 Å². The van der Waals surface area contributed by atoms with E-state index < -0.39 is 44.7 Å². The number of amides is 1. The highest BCUT2D eigenvalue weighted by molar-refractivity contribution is 7.92. The van der Waals surface area contributed by atoms with Crippen LogP contribution in [0.4, 0.5) is 4.79 Å². The van der Waals surface area contributed by atoms with E-state index in [1.807, 2.05) is 0 Å². The van der Waals surface area contributed by atoms with Gasteiger partial charge in [-0.15, -0.1) is 0 Å². The first-order chi connectivity index (χ1) is 12.9. The number of ether oxygens (including phenoxy) is 2. The maximum atomic E-state index is 12.9. The van der Waals surface area contributed by atoms with Crippen LogP contribution in [-0.4, -0.2) is 49.9 Å². The second-order valence-electron chi connectivity index (χ2n) is 8.17. The van der Waals surface area contributed by atoms with E-state index in [9.17, 15) is 18.0 Å². The fraction of sp³-hybridized carbons (Fsp3) is 0.600. The topological polar surface area (TPSA) is 90.0 Å². The lowest BCUT2D eigenvalue weighted by atomic mass is 9.93. The Balaban J connectivity index is 2.59. The van der Waals surface area contributed by atoms with Crippen molar-refractivity contribution in [1.82, 2.24) is 4.90 Å². The van der Waals surface area contributed by atoms with Crippen LogP contribution >= 0.6 is 0 Å². The molecule has 0 radical (unpaired) electrons. The summed E-state index contributed by atoms with van der Waals surface area (Å²) in [6.07, 6.45) is -0.215. The standard InChI is InChI=1S/C20H29NO6S/c1-13(2)28(24,25)16-10-8-7-9-14(16)17-15(18(22)26-6)11-12-21(17)19(23)27-20(3,4)5/h7-10,13,15,17H,11-12H2,1-6H3/t15-,17-/m0/s1. The fourth-order valence-corrected chi connectivity index (χ4v) is 4.63. The van der Waals surface area contributed by atoms with Crippen LogP contribution in [0.15, 0.2) is 29.2 Å². The van der Waals surface area contributed by atoms with Gasteiger partial charge in [0.2, 0.25) is 0 Å². The van der Waals surface area contributed by atoms with Gasteiger partial charge in [0.1, 0.15) is 5.60 Å². The molecule has 0 saturated carbocycles. The van der Waals surface area contributed by atoms with Crippen LogP contribution in [0.3, 0.4) is 0 Å². The number of nitrogens with zero attached hydrogens (tertiary/aromatic N) is 1. The van der Waals surface area contributed by atoms with Crippen LogP contribution in [-0.2, 0) is 24.1 Å². The van der Waals surface area contributed by atoms with Crippen LogP contribution in [0.25, 0.3) is 0 Å².